The van der Waals surface area contributed by atoms with Gasteiger partial charge in [0.2, 0.25) is 25.8 Å². The Morgan fingerprint density at radius 2 is 1.89 bits per heavy atom. The van der Waals surface area contributed by atoms with Gasteiger partial charge in [0.1, 0.15) is 10.6 Å². The highest BCUT2D eigenvalue weighted by Gasteiger charge is 2.28. The standard InChI is InChI=1S/C17H27N3O5S2/c1-4-20(5-2)27(24,25)15-8-9-16(18-11-15)26(22,23)13-17(21)19-10-6-7-14(3)12-19/h8-9,11,14H,4-7,10,12-13H2,1-3H3/t14-/m0/s1. The van der Waals surface area contributed by atoms with E-state index in [0.717, 1.165) is 25.1 Å². The summed E-state index contributed by atoms with van der Waals surface area (Å²) in [6.45, 7) is 7.21. The lowest BCUT2D eigenvalue weighted by atomic mass is 10.0. The second-order valence-corrected chi connectivity index (χ2v) is 10.6. The Hall–Kier alpha value is -1.52. The molecule has 0 unspecified atom stereocenters. The number of sulfone groups is 1. The van der Waals surface area contributed by atoms with Crippen LogP contribution in [0.5, 0.6) is 0 Å². The summed E-state index contributed by atoms with van der Waals surface area (Å²) in [5.41, 5.74) is 0. The van der Waals surface area contributed by atoms with Crippen molar-refractivity contribution in [2.24, 2.45) is 5.92 Å². The summed E-state index contributed by atoms with van der Waals surface area (Å²) >= 11 is 0. The third kappa shape index (κ3) is 5.05. The highest BCUT2D eigenvalue weighted by Crippen LogP contribution is 2.19. The van der Waals surface area contributed by atoms with Crippen molar-refractivity contribution >= 4 is 25.8 Å². The molecule has 1 aromatic rings. The third-order valence-electron chi connectivity index (χ3n) is 4.69. The number of carbonyl (C=O) groups excluding carboxylic acids is 1. The van der Waals surface area contributed by atoms with Gasteiger partial charge in [-0.3, -0.25) is 4.79 Å². The van der Waals surface area contributed by atoms with E-state index in [1.807, 2.05) is 6.92 Å². The minimum atomic E-state index is -3.93. The predicted octanol–water partition coefficient (Wildman–Crippen LogP) is 1.14. The van der Waals surface area contributed by atoms with Crippen molar-refractivity contribution in [3.05, 3.63) is 18.3 Å². The van der Waals surface area contributed by atoms with Crippen molar-refractivity contribution in [1.29, 1.82) is 0 Å². The summed E-state index contributed by atoms with van der Waals surface area (Å²) in [7, 11) is -7.64. The molecule has 0 aromatic carbocycles. The van der Waals surface area contributed by atoms with Gasteiger partial charge in [-0.15, -0.1) is 0 Å². The molecule has 27 heavy (non-hydrogen) atoms. The smallest absolute Gasteiger partial charge is 0.244 e. The number of hydrogen-bond donors (Lipinski definition) is 0. The molecule has 0 aliphatic carbocycles. The van der Waals surface area contributed by atoms with Crippen LogP contribution in [0.2, 0.25) is 0 Å². The van der Waals surface area contributed by atoms with Crippen LogP contribution in [0.25, 0.3) is 0 Å². The molecule has 152 valence electrons. The topological polar surface area (TPSA) is 105 Å². The number of sulfonamides is 1. The van der Waals surface area contributed by atoms with Crippen LogP contribution in [0, 0.1) is 5.92 Å². The van der Waals surface area contributed by atoms with Gasteiger partial charge in [0, 0.05) is 32.4 Å². The molecule has 10 heteroatoms. The summed E-state index contributed by atoms with van der Waals surface area (Å²) < 4.78 is 51.2. The summed E-state index contributed by atoms with van der Waals surface area (Å²) in [5, 5.41) is -0.292. The molecular weight excluding hydrogens is 390 g/mol. The number of hydrogen-bond acceptors (Lipinski definition) is 6. The molecule has 0 N–H and O–H groups in total. The minimum absolute atomic E-state index is 0.0682. The lowest BCUT2D eigenvalue weighted by molar-refractivity contribution is -0.130. The van der Waals surface area contributed by atoms with E-state index in [-0.39, 0.29) is 9.92 Å². The lowest BCUT2D eigenvalue weighted by Crippen LogP contribution is -2.42. The molecule has 1 fully saturated rings. The second-order valence-electron chi connectivity index (χ2n) is 6.77. The van der Waals surface area contributed by atoms with Crippen molar-refractivity contribution < 1.29 is 21.6 Å². The van der Waals surface area contributed by atoms with E-state index in [0.29, 0.717) is 32.1 Å². The molecule has 1 amide bonds. The lowest BCUT2D eigenvalue weighted by Gasteiger charge is -2.30. The molecule has 0 saturated carbocycles. The van der Waals surface area contributed by atoms with Crippen LogP contribution in [-0.4, -0.2) is 68.9 Å². The van der Waals surface area contributed by atoms with Gasteiger partial charge < -0.3 is 4.90 Å². The number of pyridine rings is 1. The van der Waals surface area contributed by atoms with Crippen LogP contribution < -0.4 is 0 Å². The number of aromatic nitrogens is 1. The molecule has 0 radical (unpaired) electrons. The molecule has 0 bridgehead atoms. The highest BCUT2D eigenvalue weighted by molar-refractivity contribution is 7.92. The fourth-order valence-corrected chi connectivity index (χ4v) is 5.71. The second kappa shape index (κ2) is 8.66. The third-order valence-corrected chi connectivity index (χ3v) is 8.23. The molecule has 1 aliphatic heterocycles. The number of amides is 1. The number of likely N-dealkylation sites (tertiary alicyclic amines) is 1. The molecule has 8 nitrogen and oxygen atoms in total. The Labute approximate surface area is 161 Å². The fraction of sp³-hybridized carbons (Fsp3) is 0.647. The zero-order valence-corrected chi connectivity index (χ0v) is 17.6. The maximum absolute atomic E-state index is 12.5. The van der Waals surface area contributed by atoms with E-state index in [1.165, 1.54) is 10.4 Å². The Morgan fingerprint density at radius 3 is 2.41 bits per heavy atom. The van der Waals surface area contributed by atoms with Gasteiger partial charge in [0.05, 0.1) is 0 Å². The summed E-state index contributed by atoms with van der Waals surface area (Å²) in [6.07, 6.45) is 2.93. The van der Waals surface area contributed by atoms with Gasteiger partial charge in [-0.05, 0) is 30.9 Å². The summed E-state index contributed by atoms with van der Waals surface area (Å²) in [6, 6.07) is 2.37. The molecule has 1 aromatic heterocycles. The van der Waals surface area contributed by atoms with E-state index >= 15 is 0 Å². The first-order valence-electron chi connectivity index (χ1n) is 9.08. The molecule has 1 atom stereocenters. The van der Waals surface area contributed by atoms with Crippen molar-refractivity contribution in [3.8, 4) is 0 Å². The maximum Gasteiger partial charge on any atom is 0.244 e. The molecule has 1 aliphatic rings. The molecule has 2 heterocycles. The van der Waals surface area contributed by atoms with Crippen molar-refractivity contribution in [3.63, 3.8) is 0 Å². The van der Waals surface area contributed by atoms with E-state index in [4.69, 9.17) is 0 Å². The van der Waals surface area contributed by atoms with E-state index < -0.39 is 31.5 Å². The highest BCUT2D eigenvalue weighted by atomic mass is 32.2. The zero-order valence-electron chi connectivity index (χ0n) is 16.0. The number of rotatable bonds is 7. The van der Waals surface area contributed by atoms with Gasteiger partial charge in [0.15, 0.2) is 5.03 Å². The number of piperidine rings is 1. The Kier molecular flexibility index (Phi) is 6.98. The van der Waals surface area contributed by atoms with E-state index in [1.54, 1.807) is 18.7 Å². The van der Waals surface area contributed by atoms with Gasteiger partial charge >= 0.3 is 0 Å². The summed E-state index contributed by atoms with van der Waals surface area (Å²) in [4.78, 5) is 17.7. The van der Waals surface area contributed by atoms with Crippen LogP contribution in [0.4, 0.5) is 0 Å². The van der Waals surface area contributed by atoms with E-state index in [2.05, 4.69) is 4.98 Å². The number of carbonyl (C=O) groups is 1. The van der Waals surface area contributed by atoms with Crippen LogP contribution in [0.15, 0.2) is 28.3 Å². The zero-order chi connectivity index (χ0) is 20.2. The first kappa shape index (κ1) is 21.8. The van der Waals surface area contributed by atoms with Gasteiger partial charge in [-0.2, -0.15) is 4.31 Å². The Bertz CT molecular complexity index is 862. The average molecular weight is 418 g/mol. The quantitative estimate of drug-likeness (QED) is 0.659. The predicted molar refractivity (Wildman–Crippen MR) is 101 cm³/mol. The van der Waals surface area contributed by atoms with Crippen LogP contribution >= 0.6 is 0 Å². The molecule has 2 rings (SSSR count). The SMILES string of the molecule is CCN(CC)S(=O)(=O)c1ccc(S(=O)(=O)CC(=O)N2CCC[C@H](C)C2)nc1. The number of nitrogens with zero attached hydrogens (tertiary/aromatic N) is 3. The van der Waals surface area contributed by atoms with Gasteiger partial charge in [0.25, 0.3) is 0 Å². The van der Waals surface area contributed by atoms with Crippen LogP contribution in [0.3, 0.4) is 0 Å². The largest absolute Gasteiger partial charge is 0.342 e. The molecule has 1 saturated heterocycles. The monoisotopic (exact) mass is 417 g/mol. The van der Waals surface area contributed by atoms with Crippen LogP contribution in [-0.2, 0) is 24.7 Å². The van der Waals surface area contributed by atoms with E-state index in [9.17, 15) is 21.6 Å². The van der Waals surface area contributed by atoms with Gasteiger partial charge in [-0.25, -0.2) is 21.8 Å². The van der Waals surface area contributed by atoms with Crippen LogP contribution in [0.1, 0.15) is 33.6 Å². The maximum atomic E-state index is 12.5. The fourth-order valence-electron chi connectivity index (χ4n) is 3.16. The first-order chi connectivity index (χ1) is 12.6. The molecular formula is C17H27N3O5S2. The first-order valence-corrected chi connectivity index (χ1v) is 12.2. The normalized spacial score (nSPS) is 18.7. The van der Waals surface area contributed by atoms with Crippen molar-refractivity contribution in [2.45, 2.75) is 43.5 Å². The minimum Gasteiger partial charge on any atom is -0.342 e. The van der Waals surface area contributed by atoms with Crippen molar-refractivity contribution in [1.82, 2.24) is 14.2 Å². The molecule has 0 spiro atoms. The average Bonchev–Trinajstić information content (AvgIpc) is 2.62. The summed E-state index contributed by atoms with van der Waals surface area (Å²) in [5.74, 6) is -0.745. The Morgan fingerprint density at radius 1 is 1.22 bits per heavy atom. The van der Waals surface area contributed by atoms with Crippen molar-refractivity contribution in [2.75, 3.05) is 31.9 Å². The van der Waals surface area contributed by atoms with Gasteiger partial charge in [-0.1, -0.05) is 20.8 Å². The Balaban J connectivity index is 2.16.